The molecule has 1 aromatic rings. The monoisotopic (exact) mass is 353 g/mol. The first-order valence-electron chi connectivity index (χ1n) is 9.45. The van der Waals surface area contributed by atoms with Crippen LogP contribution in [0.4, 0.5) is 0 Å². The van der Waals surface area contributed by atoms with Gasteiger partial charge in [-0.05, 0) is 51.3 Å². The minimum Gasteiger partial charge on any atom is -0.490 e. The quantitative estimate of drug-likeness (QED) is 0.679. The maximum absolute atomic E-state index is 6.45. The van der Waals surface area contributed by atoms with E-state index >= 15 is 0 Å². The standard InChI is InChI=1S/C20H32ClNO2/c1-4-23-19-13-16(12-18(21)20(19)24-15(2)3)14-22-17-10-8-6-5-7-9-11-17/h12-13,15,17,22H,4-11,14H2,1-3H3. The molecule has 1 aromatic carbocycles. The van der Waals surface area contributed by atoms with E-state index in [9.17, 15) is 0 Å². The van der Waals surface area contributed by atoms with Gasteiger partial charge in [0.05, 0.1) is 17.7 Å². The second-order valence-electron chi connectivity index (χ2n) is 6.93. The third kappa shape index (κ3) is 6.18. The van der Waals surface area contributed by atoms with Crippen LogP contribution in [0.1, 0.15) is 71.3 Å². The van der Waals surface area contributed by atoms with Crippen molar-refractivity contribution in [2.24, 2.45) is 0 Å². The lowest BCUT2D eigenvalue weighted by atomic mass is 9.96. The molecular formula is C20H32ClNO2. The summed E-state index contributed by atoms with van der Waals surface area (Å²) < 4.78 is 11.6. The molecular weight excluding hydrogens is 322 g/mol. The molecule has 0 atom stereocenters. The first-order chi connectivity index (χ1) is 11.6. The Labute approximate surface area is 152 Å². The second kappa shape index (κ2) is 10.1. The van der Waals surface area contributed by atoms with Crippen LogP contribution in [0.15, 0.2) is 12.1 Å². The van der Waals surface area contributed by atoms with Gasteiger partial charge in [0.25, 0.3) is 0 Å². The summed E-state index contributed by atoms with van der Waals surface area (Å²) in [6.07, 6.45) is 9.45. The molecule has 2 rings (SSSR count). The Balaban J connectivity index is 2.03. The zero-order valence-electron chi connectivity index (χ0n) is 15.4. The molecule has 0 unspecified atom stereocenters. The Hall–Kier alpha value is -0.930. The first kappa shape index (κ1) is 19.4. The number of halogens is 1. The van der Waals surface area contributed by atoms with Crippen LogP contribution in [0.25, 0.3) is 0 Å². The number of rotatable bonds is 7. The van der Waals surface area contributed by atoms with Crippen LogP contribution in [-0.4, -0.2) is 18.8 Å². The fourth-order valence-electron chi connectivity index (χ4n) is 3.26. The summed E-state index contributed by atoms with van der Waals surface area (Å²) in [5, 5.41) is 4.34. The van der Waals surface area contributed by atoms with Crippen molar-refractivity contribution in [2.75, 3.05) is 6.61 Å². The Morgan fingerprint density at radius 3 is 2.42 bits per heavy atom. The van der Waals surface area contributed by atoms with Crippen molar-refractivity contribution in [1.82, 2.24) is 5.32 Å². The molecule has 24 heavy (non-hydrogen) atoms. The van der Waals surface area contributed by atoms with Gasteiger partial charge in [-0.15, -0.1) is 0 Å². The maximum atomic E-state index is 6.45. The fraction of sp³-hybridized carbons (Fsp3) is 0.700. The van der Waals surface area contributed by atoms with E-state index in [0.29, 0.717) is 23.4 Å². The Kier molecular flexibility index (Phi) is 8.20. The Morgan fingerprint density at radius 2 is 1.79 bits per heavy atom. The van der Waals surface area contributed by atoms with Crippen LogP contribution in [0.5, 0.6) is 11.5 Å². The summed E-state index contributed by atoms with van der Waals surface area (Å²) in [7, 11) is 0. The zero-order valence-corrected chi connectivity index (χ0v) is 16.1. The molecule has 1 aliphatic carbocycles. The van der Waals surface area contributed by atoms with Gasteiger partial charge in [0, 0.05) is 12.6 Å². The summed E-state index contributed by atoms with van der Waals surface area (Å²) in [6, 6.07) is 4.67. The highest BCUT2D eigenvalue weighted by atomic mass is 35.5. The molecule has 0 aliphatic heterocycles. The molecule has 1 aliphatic rings. The predicted octanol–water partition coefficient (Wildman–Crippen LogP) is 5.73. The molecule has 0 saturated heterocycles. The van der Waals surface area contributed by atoms with E-state index < -0.39 is 0 Å². The van der Waals surface area contributed by atoms with Gasteiger partial charge in [-0.25, -0.2) is 0 Å². The van der Waals surface area contributed by atoms with Gasteiger partial charge in [0.2, 0.25) is 0 Å². The normalized spacial score (nSPS) is 16.7. The lowest BCUT2D eigenvalue weighted by molar-refractivity contribution is 0.224. The van der Waals surface area contributed by atoms with Crippen molar-refractivity contribution < 1.29 is 9.47 Å². The van der Waals surface area contributed by atoms with Crippen molar-refractivity contribution in [3.05, 3.63) is 22.7 Å². The molecule has 0 radical (unpaired) electrons. The molecule has 4 heteroatoms. The van der Waals surface area contributed by atoms with Crippen LogP contribution in [0.3, 0.4) is 0 Å². The molecule has 1 N–H and O–H groups in total. The van der Waals surface area contributed by atoms with Crippen LogP contribution < -0.4 is 14.8 Å². The smallest absolute Gasteiger partial charge is 0.180 e. The van der Waals surface area contributed by atoms with Crippen LogP contribution in [-0.2, 0) is 6.54 Å². The van der Waals surface area contributed by atoms with Gasteiger partial charge >= 0.3 is 0 Å². The first-order valence-corrected chi connectivity index (χ1v) is 9.83. The summed E-state index contributed by atoms with van der Waals surface area (Å²) in [4.78, 5) is 0. The minimum absolute atomic E-state index is 0.0700. The average molecular weight is 354 g/mol. The van der Waals surface area contributed by atoms with Crippen molar-refractivity contribution in [3.63, 3.8) is 0 Å². The highest BCUT2D eigenvalue weighted by molar-refractivity contribution is 6.32. The van der Waals surface area contributed by atoms with Gasteiger partial charge < -0.3 is 14.8 Å². The van der Waals surface area contributed by atoms with Gasteiger partial charge in [-0.1, -0.05) is 43.7 Å². The number of hydrogen-bond donors (Lipinski definition) is 1. The number of nitrogens with one attached hydrogen (secondary N) is 1. The topological polar surface area (TPSA) is 30.5 Å². The molecule has 0 spiro atoms. The third-order valence-corrected chi connectivity index (χ3v) is 4.70. The molecule has 1 fully saturated rings. The number of hydrogen-bond acceptors (Lipinski definition) is 3. The van der Waals surface area contributed by atoms with Crippen molar-refractivity contribution >= 4 is 11.6 Å². The van der Waals surface area contributed by atoms with E-state index in [1.807, 2.05) is 26.8 Å². The molecule has 0 heterocycles. The Morgan fingerprint density at radius 1 is 1.12 bits per heavy atom. The van der Waals surface area contributed by atoms with Crippen LogP contribution in [0.2, 0.25) is 5.02 Å². The second-order valence-corrected chi connectivity index (χ2v) is 7.33. The van der Waals surface area contributed by atoms with Gasteiger partial charge in [0.15, 0.2) is 11.5 Å². The lowest BCUT2D eigenvalue weighted by Crippen LogP contribution is -2.29. The number of ether oxygens (including phenoxy) is 2. The predicted molar refractivity (Wildman–Crippen MR) is 101 cm³/mol. The van der Waals surface area contributed by atoms with E-state index in [2.05, 4.69) is 11.4 Å². The summed E-state index contributed by atoms with van der Waals surface area (Å²) in [6.45, 7) is 7.40. The molecule has 136 valence electrons. The van der Waals surface area contributed by atoms with Crippen LogP contribution in [0, 0.1) is 0 Å². The SMILES string of the molecule is CCOc1cc(CNC2CCCCCCC2)cc(Cl)c1OC(C)C. The van der Waals surface area contributed by atoms with Crippen molar-refractivity contribution in [1.29, 1.82) is 0 Å². The van der Waals surface area contributed by atoms with E-state index in [4.69, 9.17) is 21.1 Å². The number of benzene rings is 1. The maximum Gasteiger partial charge on any atom is 0.180 e. The summed E-state index contributed by atoms with van der Waals surface area (Å²) in [5.74, 6) is 1.40. The lowest BCUT2D eigenvalue weighted by Gasteiger charge is -2.22. The minimum atomic E-state index is 0.0700. The average Bonchev–Trinajstić information content (AvgIpc) is 2.49. The van der Waals surface area contributed by atoms with E-state index in [1.54, 1.807) is 0 Å². The largest absolute Gasteiger partial charge is 0.490 e. The van der Waals surface area contributed by atoms with Crippen molar-refractivity contribution in [2.45, 2.75) is 84.4 Å². The van der Waals surface area contributed by atoms with Gasteiger partial charge in [-0.2, -0.15) is 0 Å². The fourth-order valence-corrected chi connectivity index (χ4v) is 3.54. The van der Waals surface area contributed by atoms with Gasteiger partial charge in [0.1, 0.15) is 0 Å². The molecule has 0 bridgehead atoms. The summed E-state index contributed by atoms with van der Waals surface area (Å²) in [5.41, 5.74) is 1.15. The molecule has 1 saturated carbocycles. The van der Waals surface area contributed by atoms with Crippen LogP contribution >= 0.6 is 11.6 Å². The molecule has 0 aromatic heterocycles. The summed E-state index contributed by atoms with van der Waals surface area (Å²) >= 11 is 6.45. The Bertz CT molecular complexity index is 497. The molecule has 3 nitrogen and oxygen atoms in total. The highest BCUT2D eigenvalue weighted by Gasteiger charge is 2.15. The zero-order chi connectivity index (χ0) is 17.4. The van der Waals surface area contributed by atoms with E-state index in [-0.39, 0.29) is 6.10 Å². The van der Waals surface area contributed by atoms with E-state index in [1.165, 1.54) is 44.9 Å². The van der Waals surface area contributed by atoms with Gasteiger partial charge in [-0.3, -0.25) is 0 Å². The third-order valence-electron chi connectivity index (χ3n) is 4.42. The van der Waals surface area contributed by atoms with Crippen molar-refractivity contribution in [3.8, 4) is 11.5 Å². The molecule has 0 amide bonds. The highest BCUT2D eigenvalue weighted by Crippen LogP contribution is 2.37. The van der Waals surface area contributed by atoms with E-state index in [0.717, 1.165) is 17.9 Å².